The Bertz CT molecular complexity index is 529. The van der Waals surface area contributed by atoms with Gasteiger partial charge < -0.3 is 9.84 Å². The number of hydrogen-bond donors (Lipinski definition) is 2. The summed E-state index contributed by atoms with van der Waals surface area (Å²) in [5.74, 6) is -0.0702. The number of benzene rings is 1. The second kappa shape index (κ2) is 5.58. The fraction of sp³-hybridized carbons (Fsp3) is 0.300. The molecule has 0 atom stereocenters. The number of carbonyl (C=O) groups excluding carboxylic acids is 1. The fourth-order valence-electron chi connectivity index (χ4n) is 1.34. The molecular formula is C10H14N2O5S. The number of nitrogens with zero attached hydrogens (tertiary/aromatic N) is 1. The first-order valence-electron chi connectivity index (χ1n) is 5.08. The number of phenolic OH excluding ortho intramolecular Hbond substituents is 1. The van der Waals surface area contributed by atoms with E-state index in [4.69, 9.17) is 0 Å². The Morgan fingerprint density at radius 1 is 1.50 bits per heavy atom. The largest absolute Gasteiger partial charge is 0.508 e. The number of phenols is 1. The molecule has 0 spiro atoms. The third-order valence-corrected chi connectivity index (χ3v) is 3.57. The summed E-state index contributed by atoms with van der Waals surface area (Å²) in [5, 5.41) is 9.32. The third-order valence-electron chi connectivity index (χ3n) is 2.09. The van der Waals surface area contributed by atoms with Gasteiger partial charge in [-0.2, -0.15) is 8.42 Å². The standard InChI is InChI=1S/C10H14N2O5S/c1-3-12(8-5-4-6-9(13)7-8)18(15,16)11-10(14)17-2/h4-7,13H,3H2,1-2H3,(H,11,14). The Balaban J connectivity index is 3.06. The number of methoxy groups -OCH3 is 1. The van der Waals surface area contributed by atoms with Crippen LogP contribution in [0.25, 0.3) is 0 Å². The van der Waals surface area contributed by atoms with Crippen LogP contribution in [-0.4, -0.2) is 33.3 Å². The van der Waals surface area contributed by atoms with E-state index in [9.17, 15) is 18.3 Å². The summed E-state index contributed by atoms with van der Waals surface area (Å²) in [7, 11) is -2.99. The summed E-state index contributed by atoms with van der Waals surface area (Å²) in [4.78, 5) is 11.0. The third kappa shape index (κ3) is 3.27. The molecule has 0 aliphatic heterocycles. The number of anilines is 1. The Hall–Kier alpha value is -1.96. The van der Waals surface area contributed by atoms with E-state index in [0.717, 1.165) is 11.4 Å². The Morgan fingerprint density at radius 3 is 2.67 bits per heavy atom. The molecule has 1 aromatic rings. The monoisotopic (exact) mass is 274 g/mol. The molecule has 0 fully saturated rings. The van der Waals surface area contributed by atoms with Crippen LogP contribution in [0.15, 0.2) is 24.3 Å². The van der Waals surface area contributed by atoms with Crippen molar-refractivity contribution in [3.05, 3.63) is 24.3 Å². The van der Waals surface area contributed by atoms with E-state index >= 15 is 0 Å². The molecule has 0 radical (unpaired) electrons. The molecule has 7 nitrogen and oxygen atoms in total. The van der Waals surface area contributed by atoms with Gasteiger partial charge in [0, 0.05) is 12.6 Å². The molecule has 18 heavy (non-hydrogen) atoms. The number of nitrogens with one attached hydrogen (secondary N) is 1. The Labute approximate surface area is 105 Å². The molecule has 0 aliphatic carbocycles. The molecule has 0 bridgehead atoms. The quantitative estimate of drug-likeness (QED) is 0.847. The van der Waals surface area contributed by atoms with E-state index in [0.29, 0.717) is 0 Å². The lowest BCUT2D eigenvalue weighted by Gasteiger charge is -2.22. The van der Waals surface area contributed by atoms with Crippen molar-refractivity contribution in [3.63, 3.8) is 0 Å². The molecule has 8 heteroatoms. The highest BCUT2D eigenvalue weighted by molar-refractivity contribution is 7.91. The average molecular weight is 274 g/mol. The van der Waals surface area contributed by atoms with Crippen molar-refractivity contribution in [2.75, 3.05) is 18.0 Å². The highest BCUT2D eigenvalue weighted by Gasteiger charge is 2.23. The maximum absolute atomic E-state index is 11.9. The zero-order chi connectivity index (χ0) is 13.8. The first kappa shape index (κ1) is 14.1. The van der Waals surface area contributed by atoms with Crippen LogP contribution in [0.1, 0.15) is 6.92 Å². The Kier molecular flexibility index (Phi) is 4.38. The molecule has 1 rings (SSSR count). The smallest absolute Gasteiger partial charge is 0.422 e. The molecule has 0 heterocycles. The van der Waals surface area contributed by atoms with Gasteiger partial charge in [-0.1, -0.05) is 6.07 Å². The van der Waals surface area contributed by atoms with E-state index in [2.05, 4.69) is 4.74 Å². The molecule has 1 aromatic carbocycles. The van der Waals surface area contributed by atoms with Crippen molar-refractivity contribution in [2.45, 2.75) is 6.92 Å². The van der Waals surface area contributed by atoms with Gasteiger partial charge in [-0.3, -0.25) is 4.31 Å². The summed E-state index contributed by atoms with van der Waals surface area (Å²) >= 11 is 0. The predicted molar refractivity (Wildman–Crippen MR) is 65.6 cm³/mol. The lowest BCUT2D eigenvalue weighted by Crippen LogP contribution is -2.43. The number of aromatic hydroxyl groups is 1. The van der Waals surface area contributed by atoms with Gasteiger partial charge in [0.15, 0.2) is 0 Å². The van der Waals surface area contributed by atoms with Gasteiger partial charge in [0.05, 0.1) is 12.8 Å². The highest BCUT2D eigenvalue weighted by atomic mass is 32.2. The number of hydrogen-bond acceptors (Lipinski definition) is 5. The van der Waals surface area contributed by atoms with E-state index < -0.39 is 16.3 Å². The molecule has 0 saturated heterocycles. The van der Waals surface area contributed by atoms with E-state index in [-0.39, 0.29) is 18.0 Å². The van der Waals surface area contributed by atoms with E-state index in [1.54, 1.807) is 11.6 Å². The van der Waals surface area contributed by atoms with Crippen LogP contribution in [0.3, 0.4) is 0 Å². The normalized spacial score (nSPS) is 10.8. The number of rotatable bonds is 4. The summed E-state index contributed by atoms with van der Waals surface area (Å²) < 4.78 is 30.6. The average Bonchev–Trinajstić information content (AvgIpc) is 2.28. The van der Waals surface area contributed by atoms with Gasteiger partial charge >= 0.3 is 16.3 Å². The summed E-state index contributed by atoms with van der Waals surface area (Å²) in [6.45, 7) is 1.69. The molecule has 0 saturated carbocycles. The van der Waals surface area contributed by atoms with Crippen molar-refractivity contribution < 1.29 is 23.1 Å². The van der Waals surface area contributed by atoms with Crippen LogP contribution >= 0.6 is 0 Å². The van der Waals surface area contributed by atoms with Gasteiger partial charge in [-0.15, -0.1) is 0 Å². The van der Waals surface area contributed by atoms with E-state index in [1.165, 1.54) is 24.3 Å². The minimum atomic E-state index is -4.06. The van der Waals surface area contributed by atoms with Crippen LogP contribution in [0.4, 0.5) is 10.5 Å². The molecular weight excluding hydrogens is 260 g/mol. The number of ether oxygens (including phenoxy) is 1. The SMILES string of the molecule is CCN(c1cccc(O)c1)S(=O)(=O)NC(=O)OC. The first-order chi connectivity index (χ1) is 8.40. The van der Waals surface area contributed by atoms with Gasteiger partial charge in [0.2, 0.25) is 0 Å². The van der Waals surface area contributed by atoms with Crippen LogP contribution in [0.2, 0.25) is 0 Å². The van der Waals surface area contributed by atoms with Gasteiger partial charge in [-0.05, 0) is 19.1 Å². The zero-order valence-corrected chi connectivity index (χ0v) is 10.8. The minimum absolute atomic E-state index is 0.0702. The van der Waals surface area contributed by atoms with Crippen molar-refractivity contribution in [1.29, 1.82) is 0 Å². The highest BCUT2D eigenvalue weighted by Crippen LogP contribution is 2.21. The van der Waals surface area contributed by atoms with Crippen molar-refractivity contribution in [3.8, 4) is 5.75 Å². The minimum Gasteiger partial charge on any atom is -0.508 e. The first-order valence-corrected chi connectivity index (χ1v) is 6.52. The summed E-state index contributed by atoms with van der Waals surface area (Å²) in [6, 6.07) is 5.69. The summed E-state index contributed by atoms with van der Waals surface area (Å²) in [6.07, 6.45) is -1.08. The topological polar surface area (TPSA) is 95.9 Å². The predicted octanol–water partition coefficient (Wildman–Crippen LogP) is 0.819. The van der Waals surface area contributed by atoms with Gasteiger partial charge in [-0.25, -0.2) is 9.52 Å². The second-order valence-corrected chi connectivity index (χ2v) is 4.88. The molecule has 0 aromatic heterocycles. The molecule has 100 valence electrons. The van der Waals surface area contributed by atoms with Gasteiger partial charge in [0.25, 0.3) is 0 Å². The summed E-state index contributed by atoms with van der Waals surface area (Å²) in [5.41, 5.74) is 0.244. The molecule has 0 aliphatic rings. The zero-order valence-electron chi connectivity index (χ0n) is 9.95. The number of carbonyl (C=O) groups is 1. The molecule has 1 amide bonds. The molecule has 2 N–H and O–H groups in total. The maximum atomic E-state index is 11.9. The van der Waals surface area contributed by atoms with Crippen molar-refractivity contribution >= 4 is 22.0 Å². The lowest BCUT2D eigenvalue weighted by atomic mass is 10.3. The lowest BCUT2D eigenvalue weighted by molar-refractivity contribution is 0.177. The van der Waals surface area contributed by atoms with Crippen LogP contribution < -0.4 is 9.03 Å². The van der Waals surface area contributed by atoms with Crippen LogP contribution in [-0.2, 0) is 14.9 Å². The van der Waals surface area contributed by atoms with Gasteiger partial charge in [0.1, 0.15) is 5.75 Å². The molecule has 0 unspecified atom stereocenters. The maximum Gasteiger partial charge on any atom is 0.422 e. The van der Waals surface area contributed by atoms with Crippen molar-refractivity contribution in [1.82, 2.24) is 4.72 Å². The number of amides is 1. The fourth-order valence-corrected chi connectivity index (χ4v) is 2.48. The second-order valence-electron chi connectivity index (χ2n) is 3.28. The van der Waals surface area contributed by atoms with E-state index in [1.807, 2.05) is 0 Å². The Morgan fingerprint density at radius 2 is 2.17 bits per heavy atom. The van der Waals surface area contributed by atoms with Crippen LogP contribution in [0.5, 0.6) is 5.75 Å². The van der Waals surface area contributed by atoms with Crippen molar-refractivity contribution in [2.24, 2.45) is 0 Å². The van der Waals surface area contributed by atoms with Crippen LogP contribution in [0, 0.1) is 0 Å².